The molecule has 1 aromatic heterocycles. The highest BCUT2D eigenvalue weighted by Gasteiger charge is 2.24. The van der Waals surface area contributed by atoms with Gasteiger partial charge >= 0.3 is 0 Å². The van der Waals surface area contributed by atoms with Crippen molar-refractivity contribution in [3.8, 4) is 0 Å². The number of rotatable bonds is 3. The first kappa shape index (κ1) is 15.9. The van der Waals surface area contributed by atoms with Crippen LogP contribution >= 0.6 is 0 Å². The molecule has 6 heteroatoms. The minimum Gasteiger partial charge on any atom is -0.341 e. The second kappa shape index (κ2) is 6.35. The highest BCUT2D eigenvalue weighted by Crippen LogP contribution is 2.30. The van der Waals surface area contributed by atoms with Crippen molar-refractivity contribution in [1.29, 1.82) is 0 Å². The topological polar surface area (TPSA) is 67.2 Å². The molecule has 1 N–H and O–H groups in total. The second-order valence-corrected chi connectivity index (χ2v) is 6.90. The molecule has 4 rings (SSSR count). The maximum atomic E-state index is 12.7. The highest BCUT2D eigenvalue weighted by molar-refractivity contribution is 6.04. The molecule has 1 saturated carbocycles. The van der Waals surface area contributed by atoms with Crippen molar-refractivity contribution < 1.29 is 9.59 Å². The van der Waals surface area contributed by atoms with Gasteiger partial charge in [0.1, 0.15) is 5.69 Å². The SMILES string of the molecule is CN1CCc2ccc(NC(=O)c3ccnn3C3CCCC3)cc2C1=O. The normalized spacial score (nSPS) is 17.6. The van der Waals surface area contributed by atoms with Gasteiger partial charge in [-0.1, -0.05) is 18.9 Å². The Morgan fingerprint density at radius 2 is 2.04 bits per heavy atom. The molecule has 6 nitrogen and oxygen atoms in total. The van der Waals surface area contributed by atoms with Gasteiger partial charge in [-0.05, 0) is 43.0 Å². The van der Waals surface area contributed by atoms with E-state index in [0.29, 0.717) is 23.0 Å². The summed E-state index contributed by atoms with van der Waals surface area (Å²) < 4.78 is 1.85. The summed E-state index contributed by atoms with van der Waals surface area (Å²) in [5.41, 5.74) is 2.94. The Bertz CT molecular complexity index is 821. The zero-order valence-corrected chi connectivity index (χ0v) is 14.4. The zero-order chi connectivity index (χ0) is 17.4. The van der Waals surface area contributed by atoms with Gasteiger partial charge in [0.25, 0.3) is 11.8 Å². The number of nitrogens with zero attached hydrogens (tertiary/aromatic N) is 3. The average Bonchev–Trinajstić information content (AvgIpc) is 3.29. The fourth-order valence-corrected chi connectivity index (χ4v) is 3.80. The van der Waals surface area contributed by atoms with Gasteiger partial charge in [0.2, 0.25) is 0 Å². The molecule has 2 aromatic rings. The van der Waals surface area contributed by atoms with Gasteiger partial charge in [0.15, 0.2) is 0 Å². The fourth-order valence-electron chi connectivity index (χ4n) is 3.80. The molecule has 2 heterocycles. The quantitative estimate of drug-likeness (QED) is 0.936. The predicted molar refractivity (Wildman–Crippen MR) is 94.8 cm³/mol. The Balaban J connectivity index is 1.56. The Morgan fingerprint density at radius 1 is 1.24 bits per heavy atom. The summed E-state index contributed by atoms with van der Waals surface area (Å²) in [7, 11) is 1.80. The van der Waals surface area contributed by atoms with Crippen molar-refractivity contribution in [2.24, 2.45) is 0 Å². The van der Waals surface area contributed by atoms with Gasteiger partial charge in [0, 0.05) is 31.0 Å². The molecule has 1 aliphatic carbocycles. The standard InChI is InChI=1S/C19H22N4O2/c1-22-11-9-13-6-7-14(12-16(13)19(22)25)21-18(24)17-8-10-20-23(17)15-4-2-3-5-15/h6-8,10,12,15H,2-5,9,11H2,1H3,(H,21,24). The van der Waals surface area contributed by atoms with Crippen LogP contribution in [0.3, 0.4) is 0 Å². The fraction of sp³-hybridized carbons (Fsp3) is 0.421. The van der Waals surface area contributed by atoms with E-state index in [-0.39, 0.29) is 11.8 Å². The highest BCUT2D eigenvalue weighted by atomic mass is 16.2. The summed E-state index contributed by atoms with van der Waals surface area (Å²) >= 11 is 0. The molecule has 0 bridgehead atoms. The second-order valence-electron chi connectivity index (χ2n) is 6.90. The first-order chi connectivity index (χ1) is 12.1. The van der Waals surface area contributed by atoms with Crippen LogP contribution in [-0.2, 0) is 6.42 Å². The summed E-state index contributed by atoms with van der Waals surface area (Å²) in [6.45, 7) is 0.734. The Labute approximate surface area is 146 Å². The Kier molecular flexibility index (Phi) is 4.03. The number of carbonyl (C=O) groups is 2. The van der Waals surface area contributed by atoms with E-state index in [2.05, 4.69) is 10.4 Å². The molecule has 2 aliphatic rings. The number of fused-ring (bicyclic) bond motifs is 1. The van der Waals surface area contributed by atoms with Crippen molar-refractivity contribution in [3.63, 3.8) is 0 Å². The van der Waals surface area contributed by atoms with Crippen molar-refractivity contribution in [2.75, 3.05) is 18.9 Å². The van der Waals surface area contributed by atoms with Crippen LogP contribution in [0.1, 0.15) is 58.1 Å². The van der Waals surface area contributed by atoms with Gasteiger partial charge in [-0.2, -0.15) is 5.10 Å². The third-order valence-corrected chi connectivity index (χ3v) is 5.23. The van der Waals surface area contributed by atoms with E-state index in [4.69, 9.17) is 0 Å². The molecule has 1 aromatic carbocycles. The van der Waals surface area contributed by atoms with E-state index < -0.39 is 0 Å². The van der Waals surface area contributed by atoms with E-state index in [9.17, 15) is 9.59 Å². The minimum absolute atomic E-state index is 0.00773. The smallest absolute Gasteiger partial charge is 0.273 e. The third-order valence-electron chi connectivity index (χ3n) is 5.23. The largest absolute Gasteiger partial charge is 0.341 e. The molecule has 2 amide bonds. The van der Waals surface area contributed by atoms with Gasteiger partial charge in [-0.15, -0.1) is 0 Å². The minimum atomic E-state index is -0.180. The summed E-state index contributed by atoms with van der Waals surface area (Å²) in [5, 5.41) is 7.27. The summed E-state index contributed by atoms with van der Waals surface area (Å²) in [4.78, 5) is 26.7. The molecule has 25 heavy (non-hydrogen) atoms. The van der Waals surface area contributed by atoms with Crippen LogP contribution in [-0.4, -0.2) is 40.1 Å². The maximum absolute atomic E-state index is 12.7. The molecule has 0 unspecified atom stereocenters. The number of benzene rings is 1. The molecule has 0 saturated heterocycles. The van der Waals surface area contributed by atoms with Crippen molar-refractivity contribution in [1.82, 2.24) is 14.7 Å². The maximum Gasteiger partial charge on any atom is 0.273 e. The number of nitrogens with one attached hydrogen (secondary N) is 1. The molecule has 0 atom stereocenters. The lowest BCUT2D eigenvalue weighted by molar-refractivity contribution is 0.0780. The van der Waals surface area contributed by atoms with Crippen LogP contribution in [0.25, 0.3) is 0 Å². The number of anilines is 1. The molecule has 1 fully saturated rings. The lowest BCUT2D eigenvalue weighted by atomic mass is 9.98. The zero-order valence-electron chi connectivity index (χ0n) is 14.4. The summed E-state index contributed by atoms with van der Waals surface area (Å²) in [5.74, 6) is -0.172. The first-order valence-corrected chi connectivity index (χ1v) is 8.87. The Hall–Kier alpha value is -2.63. The molecular weight excluding hydrogens is 316 g/mol. The van der Waals surface area contributed by atoms with Gasteiger partial charge in [-0.3, -0.25) is 14.3 Å². The number of hydrogen-bond acceptors (Lipinski definition) is 3. The third kappa shape index (κ3) is 2.92. The summed E-state index contributed by atoms with van der Waals surface area (Å²) in [6, 6.07) is 7.65. The first-order valence-electron chi connectivity index (χ1n) is 8.87. The van der Waals surface area contributed by atoms with Crippen LogP contribution < -0.4 is 5.32 Å². The molecule has 0 spiro atoms. The van der Waals surface area contributed by atoms with Gasteiger partial charge in [-0.25, -0.2) is 0 Å². The number of aromatic nitrogens is 2. The van der Waals surface area contributed by atoms with Crippen LogP contribution in [0.4, 0.5) is 5.69 Å². The van der Waals surface area contributed by atoms with Crippen LogP contribution in [0.15, 0.2) is 30.5 Å². The monoisotopic (exact) mass is 338 g/mol. The summed E-state index contributed by atoms with van der Waals surface area (Å²) in [6.07, 6.45) is 7.04. The lowest BCUT2D eigenvalue weighted by Gasteiger charge is -2.25. The van der Waals surface area contributed by atoms with Crippen molar-refractivity contribution in [2.45, 2.75) is 38.1 Å². The number of carbonyl (C=O) groups excluding carboxylic acids is 2. The van der Waals surface area contributed by atoms with Crippen molar-refractivity contribution in [3.05, 3.63) is 47.3 Å². The van der Waals surface area contributed by atoms with E-state index in [1.54, 1.807) is 30.3 Å². The van der Waals surface area contributed by atoms with E-state index in [0.717, 1.165) is 31.4 Å². The van der Waals surface area contributed by atoms with E-state index in [1.807, 2.05) is 16.8 Å². The van der Waals surface area contributed by atoms with Gasteiger partial charge < -0.3 is 10.2 Å². The Morgan fingerprint density at radius 3 is 2.84 bits per heavy atom. The van der Waals surface area contributed by atoms with Gasteiger partial charge in [0.05, 0.1) is 6.04 Å². The van der Waals surface area contributed by atoms with E-state index in [1.165, 1.54) is 12.8 Å². The molecule has 130 valence electrons. The van der Waals surface area contributed by atoms with Crippen LogP contribution in [0.5, 0.6) is 0 Å². The number of likely N-dealkylation sites (N-methyl/N-ethyl adjacent to an activating group) is 1. The average molecular weight is 338 g/mol. The number of hydrogen-bond donors (Lipinski definition) is 1. The van der Waals surface area contributed by atoms with Crippen molar-refractivity contribution >= 4 is 17.5 Å². The van der Waals surface area contributed by atoms with Crippen LogP contribution in [0, 0.1) is 0 Å². The molecule has 0 radical (unpaired) electrons. The predicted octanol–water partition coefficient (Wildman–Crippen LogP) is 2.88. The lowest BCUT2D eigenvalue weighted by Crippen LogP contribution is -2.34. The van der Waals surface area contributed by atoms with E-state index >= 15 is 0 Å². The molecular formula is C19H22N4O2. The number of amides is 2. The molecule has 1 aliphatic heterocycles. The van der Waals surface area contributed by atoms with Crippen LogP contribution in [0.2, 0.25) is 0 Å².